The first-order chi connectivity index (χ1) is 14.9. The minimum Gasteiger partial charge on any atom is -0.452 e. The van der Waals surface area contributed by atoms with E-state index >= 15 is 0 Å². The molecule has 3 aromatic rings. The third-order valence-corrected chi connectivity index (χ3v) is 4.94. The van der Waals surface area contributed by atoms with Crippen LogP contribution in [0.15, 0.2) is 72.8 Å². The van der Waals surface area contributed by atoms with E-state index in [-0.39, 0.29) is 16.9 Å². The topological polar surface area (TPSA) is 72.5 Å². The van der Waals surface area contributed by atoms with E-state index in [0.717, 1.165) is 11.1 Å². The highest BCUT2D eigenvalue weighted by Gasteiger charge is 2.19. The van der Waals surface area contributed by atoms with Gasteiger partial charge in [0, 0.05) is 22.7 Å². The molecule has 0 aliphatic heterocycles. The van der Waals surface area contributed by atoms with Crippen molar-refractivity contribution in [3.05, 3.63) is 106 Å². The molecule has 31 heavy (non-hydrogen) atoms. The predicted octanol–water partition coefficient (Wildman–Crippen LogP) is 4.40. The van der Waals surface area contributed by atoms with Crippen LogP contribution >= 0.6 is 11.6 Å². The average molecular weight is 436 g/mol. The smallest absolute Gasteiger partial charge is 0.339 e. The van der Waals surface area contributed by atoms with E-state index < -0.39 is 18.5 Å². The summed E-state index contributed by atoms with van der Waals surface area (Å²) in [6.07, 6.45) is 0.630. The molecule has 0 heterocycles. The Hall–Kier alpha value is -3.44. The Balaban J connectivity index is 1.55. The summed E-state index contributed by atoms with van der Waals surface area (Å²) in [7, 11) is 0. The summed E-state index contributed by atoms with van der Waals surface area (Å²) in [6.45, 7) is 1.91. The maximum atomic E-state index is 12.8. The number of hydrogen-bond acceptors (Lipinski definition) is 4. The molecule has 3 aromatic carbocycles. The standard InChI is InChI=1S/C25H22ClNO4/c1-17-6-10-19(11-7-17)24(29)21-4-2-3-5-22(21)25(30)31-16-23(28)27-15-14-18-8-12-20(26)13-9-18/h2-13H,14-16H2,1H3,(H,27,28). The molecule has 0 saturated heterocycles. The van der Waals surface area contributed by atoms with E-state index in [9.17, 15) is 14.4 Å². The summed E-state index contributed by atoms with van der Waals surface area (Å²) in [5.74, 6) is -1.41. The molecule has 0 unspecified atom stereocenters. The van der Waals surface area contributed by atoms with E-state index in [1.165, 1.54) is 6.07 Å². The van der Waals surface area contributed by atoms with Gasteiger partial charge in [-0.25, -0.2) is 4.79 Å². The molecule has 0 fully saturated rings. The molecule has 158 valence electrons. The van der Waals surface area contributed by atoms with Crippen molar-refractivity contribution >= 4 is 29.3 Å². The number of amides is 1. The molecule has 3 rings (SSSR count). The van der Waals surface area contributed by atoms with Crippen LogP contribution in [0.3, 0.4) is 0 Å². The van der Waals surface area contributed by atoms with Gasteiger partial charge in [0.15, 0.2) is 12.4 Å². The van der Waals surface area contributed by atoms with E-state index in [2.05, 4.69) is 5.32 Å². The Morgan fingerprint density at radius 3 is 2.19 bits per heavy atom. The summed E-state index contributed by atoms with van der Waals surface area (Å²) in [5, 5.41) is 3.36. The van der Waals surface area contributed by atoms with Gasteiger partial charge in [-0.2, -0.15) is 0 Å². The second-order valence-electron chi connectivity index (χ2n) is 7.04. The first-order valence-corrected chi connectivity index (χ1v) is 10.2. The highest BCUT2D eigenvalue weighted by Crippen LogP contribution is 2.16. The first-order valence-electron chi connectivity index (χ1n) is 9.82. The number of rotatable bonds is 8. The SMILES string of the molecule is Cc1ccc(C(=O)c2ccccc2C(=O)OCC(=O)NCCc2ccc(Cl)cc2)cc1. The summed E-state index contributed by atoms with van der Waals surface area (Å²) in [5.41, 5.74) is 2.91. The fraction of sp³-hybridized carbons (Fsp3) is 0.160. The Morgan fingerprint density at radius 2 is 1.52 bits per heavy atom. The van der Waals surface area contributed by atoms with Crippen molar-refractivity contribution in [3.63, 3.8) is 0 Å². The lowest BCUT2D eigenvalue weighted by molar-refractivity contribution is -0.124. The van der Waals surface area contributed by atoms with Crippen LogP contribution in [0, 0.1) is 6.92 Å². The summed E-state index contributed by atoms with van der Waals surface area (Å²) < 4.78 is 5.13. The molecular formula is C25H22ClNO4. The quantitative estimate of drug-likeness (QED) is 0.420. The fourth-order valence-electron chi connectivity index (χ4n) is 2.98. The Kier molecular flexibility index (Phi) is 7.57. The van der Waals surface area contributed by atoms with Gasteiger partial charge in [-0.1, -0.05) is 71.8 Å². The maximum Gasteiger partial charge on any atom is 0.339 e. The number of carbonyl (C=O) groups excluding carboxylic acids is 3. The highest BCUT2D eigenvalue weighted by molar-refractivity contribution is 6.30. The number of aryl methyl sites for hydroxylation is 1. The molecule has 0 radical (unpaired) electrons. The minimum atomic E-state index is -0.719. The van der Waals surface area contributed by atoms with E-state index in [1.54, 1.807) is 42.5 Å². The number of esters is 1. The number of hydrogen-bond donors (Lipinski definition) is 1. The third-order valence-electron chi connectivity index (χ3n) is 4.69. The second-order valence-corrected chi connectivity index (χ2v) is 7.48. The van der Waals surface area contributed by atoms with E-state index in [0.29, 0.717) is 23.6 Å². The number of benzene rings is 3. The van der Waals surface area contributed by atoms with Crippen molar-refractivity contribution in [1.82, 2.24) is 5.32 Å². The van der Waals surface area contributed by atoms with Gasteiger partial charge in [0.05, 0.1) is 5.56 Å². The molecule has 0 aliphatic carbocycles. The largest absolute Gasteiger partial charge is 0.452 e. The normalized spacial score (nSPS) is 10.4. The highest BCUT2D eigenvalue weighted by atomic mass is 35.5. The number of ether oxygens (including phenoxy) is 1. The zero-order valence-corrected chi connectivity index (χ0v) is 17.8. The van der Waals surface area contributed by atoms with Gasteiger partial charge in [-0.3, -0.25) is 9.59 Å². The molecule has 1 amide bonds. The number of ketones is 1. The third kappa shape index (κ3) is 6.27. The van der Waals surface area contributed by atoms with Gasteiger partial charge < -0.3 is 10.1 Å². The summed E-state index contributed by atoms with van der Waals surface area (Å²) >= 11 is 5.85. The van der Waals surface area contributed by atoms with Crippen LogP contribution in [0.5, 0.6) is 0 Å². The maximum absolute atomic E-state index is 12.8. The summed E-state index contributed by atoms with van der Waals surface area (Å²) in [6, 6.07) is 20.9. The van der Waals surface area contributed by atoms with Gasteiger partial charge in [-0.05, 0) is 37.1 Å². The predicted molar refractivity (Wildman–Crippen MR) is 120 cm³/mol. The van der Waals surface area contributed by atoms with Crippen LogP contribution in [0.4, 0.5) is 0 Å². The van der Waals surface area contributed by atoms with Crippen LogP contribution in [0.25, 0.3) is 0 Å². The number of carbonyl (C=O) groups is 3. The van der Waals surface area contributed by atoms with Crippen LogP contribution in [-0.4, -0.2) is 30.8 Å². The zero-order chi connectivity index (χ0) is 22.2. The van der Waals surface area contributed by atoms with E-state index in [1.807, 2.05) is 31.2 Å². The molecule has 0 atom stereocenters. The lowest BCUT2D eigenvalue weighted by atomic mass is 9.98. The molecular weight excluding hydrogens is 414 g/mol. The number of nitrogens with one attached hydrogen (secondary N) is 1. The summed E-state index contributed by atoms with van der Waals surface area (Å²) in [4.78, 5) is 37.4. The van der Waals surface area contributed by atoms with Crippen molar-refractivity contribution in [2.75, 3.05) is 13.2 Å². The van der Waals surface area contributed by atoms with Crippen LogP contribution < -0.4 is 5.32 Å². The minimum absolute atomic E-state index is 0.127. The van der Waals surface area contributed by atoms with E-state index in [4.69, 9.17) is 16.3 Å². The molecule has 0 aliphatic rings. The molecule has 6 heteroatoms. The van der Waals surface area contributed by atoms with Crippen LogP contribution in [0.2, 0.25) is 5.02 Å². The van der Waals surface area contributed by atoms with Crippen LogP contribution in [-0.2, 0) is 16.0 Å². The first kappa shape index (κ1) is 22.2. The van der Waals surface area contributed by atoms with Crippen molar-refractivity contribution in [1.29, 1.82) is 0 Å². The van der Waals surface area contributed by atoms with Gasteiger partial charge in [0.1, 0.15) is 0 Å². The fourth-order valence-corrected chi connectivity index (χ4v) is 3.10. The molecule has 0 aromatic heterocycles. The molecule has 0 spiro atoms. The van der Waals surface area contributed by atoms with Gasteiger partial charge in [0.25, 0.3) is 5.91 Å². The van der Waals surface area contributed by atoms with Gasteiger partial charge in [0.2, 0.25) is 0 Å². The van der Waals surface area contributed by atoms with Crippen molar-refractivity contribution < 1.29 is 19.1 Å². The molecule has 1 N–H and O–H groups in total. The second kappa shape index (κ2) is 10.5. The average Bonchev–Trinajstić information content (AvgIpc) is 2.79. The Morgan fingerprint density at radius 1 is 0.871 bits per heavy atom. The van der Waals surface area contributed by atoms with Gasteiger partial charge >= 0.3 is 5.97 Å². The molecule has 0 saturated carbocycles. The lowest BCUT2D eigenvalue weighted by Crippen LogP contribution is -2.30. The lowest BCUT2D eigenvalue weighted by Gasteiger charge is -2.10. The zero-order valence-electron chi connectivity index (χ0n) is 17.1. The monoisotopic (exact) mass is 435 g/mol. The molecule has 0 bridgehead atoms. The number of halogens is 1. The Bertz CT molecular complexity index is 1080. The van der Waals surface area contributed by atoms with Crippen molar-refractivity contribution in [2.45, 2.75) is 13.3 Å². The Labute approximate surface area is 186 Å². The molecule has 5 nitrogen and oxygen atoms in total. The van der Waals surface area contributed by atoms with Crippen molar-refractivity contribution in [3.8, 4) is 0 Å². The van der Waals surface area contributed by atoms with Crippen LogP contribution in [0.1, 0.15) is 37.4 Å². The van der Waals surface area contributed by atoms with Crippen molar-refractivity contribution in [2.24, 2.45) is 0 Å². The van der Waals surface area contributed by atoms with Gasteiger partial charge in [-0.15, -0.1) is 0 Å².